The number of amides is 2. The van der Waals surface area contributed by atoms with Crippen molar-refractivity contribution in [3.8, 4) is 23.7 Å². The van der Waals surface area contributed by atoms with Crippen molar-refractivity contribution in [2.24, 2.45) is 0 Å². The molecule has 3 aromatic carbocycles. The maximum atomic E-state index is 12.4. The van der Waals surface area contributed by atoms with Crippen molar-refractivity contribution < 1.29 is 24.6 Å². The number of benzene rings is 3. The first-order valence-electron chi connectivity index (χ1n) is 13.0. The van der Waals surface area contributed by atoms with Crippen LogP contribution >= 0.6 is 0 Å². The minimum absolute atomic E-state index is 0.0114. The Morgan fingerprint density at radius 3 is 2.00 bits per heavy atom. The number of anilines is 1. The van der Waals surface area contributed by atoms with Gasteiger partial charge in [-0.1, -0.05) is 42.2 Å². The smallest absolute Gasteiger partial charge is 0.251 e. The third kappa shape index (κ3) is 9.89. The Morgan fingerprint density at radius 2 is 1.43 bits per heavy atom. The number of unbranched alkanes of at least 4 members (excludes halogenated alkanes) is 1. The van der Waals surface area contributed by atoms with Crippen LogP contribution in [0, 0.1) is 23.7 Å². The van der Waals surface area contributed by atoms with Gasteiger partial charge in [-0.2, -0.15) is 0 Å². The van der Waals surface area contributed by atoms with Crippen LogP contribution in [0.15, 0.2) is 78.9 Å². The van der Waals surface area contributed by atoms with Gasteiger partial charge in [0.25, 0.3) is 5.91 Å². The van der Waals surface area contributed by atoms with Gasteiger partial charge in [-0.25, -0.2) is 0 Å². The van der Waals surface area contributed by atoms with Crippen molar-refractivity contribution in [1.29, 1.82) is 0 Å². The minimum atomic E-state index is -1.19. The Balaban J connectivity index is 1.45. The summed E-state index contributed by atoms with van der Waals surface area (Å²) < 4.78 is 0. The summed E-state index contributed by atoms with van der Waals surface area (Å²) in [6.45, 7) is 0.586. The number of Topliss-reactive ketones (excluding diaryl/α,β-unsaturated/α-hetero) is 1. The first-order valence-corrected chi connectivity index (χ1v) is 13.0. The predicted octanol–water partition coefficient (Wildman–Crippen LogP) is 3.48. The number of aliphatic hydroxyl groups is 2. The van der Waals surface area contributed by atoms with E-state index >= 15 is 0 Å². The molecule has 40 heavy (non-hydrogen) atoms. The van der Waals surface area contributed by atoms with E-state index in [1.54, 1.807) is 36.4 Å². The predicted molar refractivity (Wildman–Crippen MR) is 154 cm³/mol. The number of carbonyl (C=O) groups excluding carboxylic acids is 3. The number of hydrogen-bond donors (Lipinski definition) is 4. The third-order valence-electron chi connectivity index (χ3n) is 6.03. The molecule has 0 saturated heterocycles. The molecule has 3 rings (SSSR count). The summed E-state index contributed by atoms with van der Waals surface area (Å²) >= 11 is 0. The SMILES string of the molecule is C[C@@H](O)[C@H](NC(=O)c1ccc(C#CC#Cc2ccc(NC(=O)CCCCc3ccccc3)cc2)cc1)C(=O)CO. The third-order valence-corrected chi connectivity index (χ3v) is 6.03. The van der Waals surface area contributed by atoms with Crippen LogP contribution in [-0.2, 0) is 16.0 Å². The molecular weight excluding hydrogens is 504 g/mol. The highest BCUT2D eigenvalue weighted by Gasteiger charge is 2.25. The highest BCUT2D eigenvalue weighted by atomic mass is 16.3. The summed E-state index contributed by atoms with van der Waals surface area (Å²) in [5, 5.41) is 24.0. The zero-order chi connectivity index (χ0) is 28.7. The molecule has 7 heteroatoms. The Bertz CT molecular complexity index is 1410. The summed E-state index contributed by atoms with van der Waals surface area (Å²) in [7, 11) is 0. The Labute approximate surface area is 234 Å². The topological polar surface area (TPSA) is 116 Å². The largest absolute Gasteiger partial charge is 0.391 e. The molecule has 0 aliphatic rings. The van der Waals surface area contributed by atoms with E-state index in [2.05, 4.69) is 46.4 Å². The maximum Gasteiger partial charge on any atom is 0.251 e. The summed E-state index contributed by atoms with van der Waals surface area (Å²) in [4.78, 5) is 36.3. The van der Waals surface area contributed by atoms with Crippen molar-refractivity contribution in [2.75, 3.05) is 11.9 Å². The lowest BCUT2D eigenvalue weighted by Gasteiger charge is -2.19. The molecule has 0 fully saturated rings. The normalized spacial score (nSPS) is 11.6. The van der Waals surface area contributed by atoms with E-state index in [-0.39, 0.29) is 11.5 Å². The average molecular weight is 537 g/mol. The molecule has 0 spiro atoms. The highest BCUT2D eigenvalue weighted by molar-refractivity contribution is 5.98. The molecule has 0 saturated carbocycles. The molecule has 0 unspecified atom stereocenters. The lowest BCUT2D eigenvalue weighted by Crippen LogP contribution is -2.48. The molecule has 3 aromatic rings. The van der Waals surface area contributed by atoms with Crippen LogP contribution < -0.4 is 10.6 Å². The standard InChI is InChI=1S/C33H32N2O5/c1-24(37)32(30(38)23-36)35-33(40)28-19-15-26(16-20-28)12-5-6-13-27-17-21-29(22-18-27)34-31(39)14-8-7-11-25-9-3-2-4-10-25/h2-4,9-10,15-22,24,32,36-37H,7-8,11,14,23H2,1H3,(H,34,39)(H,35,40)/t24-,32+/m1/s1. The van der Waals surface area contributed by atoms with Gasteiger partial charge >= 0.3 is 0 Å². The van der Waals surface area contributed by atoms with Gasteiger partial charge in [0, 0.05) is 28.8 Å². The van der Waals surface area contributed by atoms with E-state index < -0.39 is 30.4 Å². The lowest BCUT2D eigenvalue weighted by atomic mass is 10.1. The van der Waals surface area contributed by atoms with Gasteiger partial charge in [-0.15, -0.1) is 0 Å². The molecule has 0 bridgehead atoms. The number of aliphatic hydroxyl groups excluding tert-OH is 2. The average Bonchev–Trinajstić information content (AvgIpc) is 2.97. The molecule has 7 nitrogen and oxygen atoms in total. The number of hydrogen-bond acceptors (Lipinski definition) is 5. The van der Waals surface area contributed by atoms with Crippen molar-refractivity contribution in [1.82, 2.24) is 5.32 Å². The van der Waals surface area contributed by atoms with Crippen molar-refractivity contribution >= 4 is 23.3 Å². The van der Waals surface area contributed by atoms with E-state index in [1.807, 2.05) is 30.3 Å². The fraction of sp³-hybridized carbons (Fsp3) is 0.242. The molecule has 0 aliphatic carbocycles. The van der Waals surface area contributed by atoms with Gasteiger partial charge in [0.1, 0.15) is 12.6 Å². The van der Waals surface area contributed by atoms with Crippen molar-refractivity contribution in [2.45, 2.75) is 44.8 Å². The fourth-order valence-electron chi connectivity index (χ4n) is 3.82. The summed E-state index contributed by atoms with van der Waals surface area (Å²) in [6, 6.07) is 22.7. The van der Waals surface area contributed by atoms with Gasteiger partial charge in [-0.05, 0) is 92.1 Å². The lowest BCUT2D eigenvalue weighted by molar-refractivity contribution is -0.126. The van der Waals surface area contributed by atoms with Crippen LogP contribution in [0.2, 0.25) is 0 Å². The number of aryl methyl sites for hydroxylation is 1. The molecule has 0 radical (unpaired) electrons. The van der Waals surface area contributed by atoms with Crippen LogP contribution in [0.1, 0.15) is 53.2 Å². The summed E-state index contributed by atoms with van der Waals surface area (Å²) in [5.41, 5.74) is 3.68. The van der Waals surface area contributed by atoms with E-state index in [0.717, 1.165) is 24.8 Å². The molecular formula is C33H32N2O5. The van der Waals surface area contributed by atoms with E-state index in [1.165, 1.54) is 12.5 Å². The molecule has 0 heterocycles. The van der Waals surface area contributed by atoms with E-state index in [9.17, 15) is 19.5 Å². The first-order chi connectivity index (χ1) is 19.4. The van der Waals surface area contributed by atoms with Crippen LogP contribution in [0.3, 0.4) is 0 Å². The molecule has 0 aliphatic heterocycles. The Kier molecular flexibility index (Phi) is 11.7. The van der Waals surface area contributed by atoms with E-state index in [4.69, 9.17) is 5.11 Å². The second kappa shape index (κ2) is 15.7. The van der Waals surface area contributed by atoms with Crippen LogP contribution in [0.4, 0.5) is 5.69 Å². The number of nitrogens with one attached hydrogen (secondary N) is 2. The fourth-order valence-corrected chi connectivity index (χ4v) is 3.82. The molecule has 0 aromatic heterocycles. The first kappa shape index (κ1) is 29.9. The number of rotatable bonds is 11. The second-order valence-corrected chi connectivity index (χ2v) is 9.21. The molecule has 204 valence electrons. The van der Waals surface area contributed by atoms with Crippen LogP contribution in [0.5, 0.6) is 0 Å². The summed E-state index contributed by atoms with van der Waals surface area (Å²) in [6.07, 6.45) is 2.09. The van der Waals surface area contributed by atoms with Gasteiger partial charge in [0.2, 0.25) is 5.91 Å². The van der Waals surface area contributed by atoms with E-state index in [0.29, 0.717) is 17.7 Å². The van der Waals surface area contributed by atoms with Crippen molar-refractivity contribution in [3.63, 3.8) is 0 Å². The number of carbonyl (C=O) groups is 3. The molecule has 2 atom stereocenters. The van der Waals surface area contributed by atoms with Crippen LogP contribution in [0.25, 0.3) is 0 Å². The zero-order valence-electron chi connectivity index (χ0n) is 22.3. The van der Waals surface area contributed by atoms with Gasteiger partial charge < -0.3 is 20.8 Å². The quantitative estimate of drug-likeness (QED) is 0.221. The molecule has 2 amide bonds. The Hall–Kier alpha value is -4.69. The zero-order valence-corrected chi connectivity index (χ0v) is 22.3. The Morgan fingerprint density at radius 1 is 0.825 bits per heavy atom. The maximum absolute atomic E-state index is 12.4. The highest BCUT2D eigenvalue weighted by Crippen LogP contribution is 2.11. The van der Waals surface area contributed by atoms with Crippen LogP contribution in [-0.4, -0.2) is 46.6 Å². The van der Waals surface area contributed by atoms with Gasteiger partial charge in [-0.3, -0.25) is 14.4 Å². The minimum Gasteiger partial charge on any atom is -0.391 e. The van der Waals surface area contributed by atoms with Crippen molar-refractivity contribution in [3.05, 3.63) is 101 Å². The monoisotopic (exact) mass is 536 g/mol. The number of ketones is 1. The van der Waals surface area contributed by atoms with Gasteiger partial charge in [0.15, 0.2) is 5.78 Å². The summed E-state index contributed by atoms with van der Waals surface area (Å²) in [5.74, 6) is 10.2. The molecule has 4 N–H and O–H groups in total. The second-order valence-electron chi connectivity index (χ2n) is 9.21. The van der Waals surface area contributed by atoms with Gasteiger partial charge in [0.05, 0.1) is 6.10 Å².